The highest BCUT2D eigenvalue weighted by atomic mass is 32.2. The minimum atomic E-state index is -0.757. The quantitative estimate of drug-likeness (QED) is 0.622. The van der Waals surface area contributed by atoms with Crippen LogP contribution in [-0.2, 0) is 10.8 Å². The molecule has 0 aromatic heterocycles. The summed E-state index contributed by atoms with van der Waals surface area (Å²) in [7, 11) is -0.757. The van der Waals surface area contributed by atoms with Crippen LogP contribution in [-0.4, -0.2) is 9.46 Å². The molecule has 0 aromatic carbocycles. The third kappa shape index (κ3) is 1.80. The van der Waals surface area contributed by atoms with Crippen LogP contribution in [0.2, 0.25) is 0 Å². The van der Waals surface area contributed by atoms with Gasteiger partial charge in [-0.25, -0.2) is 0 Å². The maximum absolute atomic E-state index is 11.4. The van der Waals surface area contributed by atoms with Crippen molar-refractivity contribution in [1.82, 2.24) is 0 Å². The minimum absolute atomic E-state index is 0.282. The lowest BCUT2D eigenvalue weighted by molar-refractivity contribution is 0.676. The topological polar surface area (TPSA) is 17.1 Å². The predicted octanol–water partition coefficient (Wildman–Crippen LogP) is 2.38. The van der Waals surface area contributed by atoms with Crippen molar-refractivity contribution in [1.29, 1.82) is 0 Å². The molecule has 0 aromatic rings. The van der Waals surface area contributed by atoms with E-state index in [1.165, 1.54) is 5.57 Å². The fourth-order valence-electron chi connectivity index (χ4n) is 1.36. The third-order valence-electron chi connectivity index (χ3n) is 2.00. The summed E-state index contributed by atoms with van der Waals surface area (Å²) >= 11 is 0. The molecule has 0 N–H and O–H groups in total. The molecule has 2 heteroatoms. The third-order valence-corrected chi connectivity index (χ3v) is 3.62. The van der Waals surface area contributed by atoms with Gasteiger partial charge in [0.2, 0.25) is 0 Å². The molecule has 2 unspecified atom stereocenters. The normalized spacial score (nSPS) is 30.2. The minimum Gasteiger partial charge on any atom is -0.254 e. The molecule has 62 valence electrons. The second-order valence-corrected chi connectivity index (χ2v) is 4.15. The van der Waals surface area contributed by atoms with Crippen molar-refractivity contribution < 1.29 is 4.21 Å². The first-order valence-corrected chi connectivity index (χ1v) is 5.33. The Morgan fingerprint density at radius 1 is 1.55 bits per heavy atom. The molecule has 0 saturated heterocycles. The summed E-state index contributed by atoms with van der Waals surface area (Å²) in [4.78, 5) is 0. The zero-order chi connectivity index (χ0) is 8.27. The van der Waals surface area contributed by atoms with Crippen molar-refractivity contribution in [2.45, 2.75) is 31.9 Å². The maximum atomic E-state index is 11.4. The van der Waals surface area contributed by atoms with Gasteiger partial charge in [-0.2, -0.15) is 0 Å². The van der Waals surface area contributed by atoms with Crippen LogP contribution < -0.4 is 0 Å². The zero-order valence-electron chi connectivity index (χ0n) is 7.04. The van der Waals surface area contributed by atoms with Crippen molar-refractivity contribution in [2.24, 2.45) is 0 Å². The molecule has 1 heterocycles. The Balaban J connectivity index is 2.81. The van der Waals surface area contributed by atoms with E-state index >= 15 is 0 Å². The van der Waals surface area contributed by atoms with E-state index in [-0.39, 0.29) is 5.25 Å². The molecule has 0 spiro atoms. The summed E-state index contributed by atoms with van der Waals surface area (Å²) in [5.74, 6) is 0. The summed E-state index contributed by atoms with van der Waals surface area (Å²) < 4.78 is 11.4. The first kappa shape index (κ1) is 8.72. The summed E-state index contributed by atoms with van der Waals surface area (Å²) in [6.45, 7) is 4.20. The molecule has 0 aliphatic carbocycles. The first-order chi connectivity index (χ1) is 5.29. The molecule has 0 saturated carbocycles. The SMILES string of the molecule is CCC1=CC=CS(=O)C1CC. The van der Waals surface area contributed by atoms with Crippen LogP contribution in [0.1, 0.15) is 26.7 Å². The van der Waals surface area contributed by atoms with Crippen LogP contribution in [0, 0.1) is 0 Å². The van der Waals surface area contributed by atoms with E-state index in [9.17, 15) is 4.21 Å². The highest BCUT2D eigenvalue weighted by Crippen LogP contribution is 2.21. The van der Waals surface area contributed by atoms with Gasteiger partial charge in [-0.3, -0.25) is 4.21 Å². The molecule has 0 amide bonds. The average Bonchev–Trinajstić information content (AvgIpc) is 2.04. The van der Waals surface area contributed by atoms with Gasteiger partial charge in [-0.05, 0) is 12.8 Å². The van der Waals surface area contributed by atoms with E-state index in [0.29, 0.717) is 0 Å². The van der Waals surface area contributed by atoms with Gasteiger partial charge < -0.3 is 0 Å². The number of hydrogen-bond acceptors (Lipinski definition) is 1. The number of hydrogen-bond donors (Lipinski definition) is 0. The largest absolute Gasteiger partial charge is 0.254 e. The van der Waals surface area contributed by atoms with Gasteiger partial charge in [0.15, 0.2) is 0 Å². The van der Waals surface area contributed by atoms with Gasteiger partial charge in [-0.1, -0.05) is 31.6 Å². The Bertz CT molecular complexity index is 216. The molecule has 1 aliphatic rings. The second-order valence-electron chi connectivity index (χ2n) is 2.65. The number of rotatable bonds is 2. The van der Waals surface area contributed by atoms with Crippen LogP contribution in [0.15, 0.2) is 23.1 Å². The Labute approximate surface area is 70.6 Å². The molecule has 0 bridgehead atoms. The summed E-state index contributed by atoms with van der Waals surface area (Å²) in [5, 5.41) is 2.07. The monoisotopic (exact) mass is 170 g/mol. The first-order valence-electron chi connectivity index (χ1n) is 4.06. The van der Waals surface area contributed by atoms with Crippen molar-refractivity contribution in [3.63, 3.8) is 0 Å². The molecule has 2 atom stereocenters. The van der Waals surface area contributed by atoms with Gasteiger partial charge >= 0.3 is 0 Å². The average molecular weight is 170 g/mol. The summed E-state index contributed by atoms with van der Waals surface area (Å²) in [6, 6.07) is 0. The van der Waals surface area contributed by atoms with Crippen LogP contribution in [0.5, 0.6) is 0 Å². The molecule has 0 fully saturated rings. The van der Waals surface area contributed by atoms with Crippen LogP contribution >= 0.6 is 0 Å². The highest BCUT2D eigenvalue weighted by molar-refractivity contribution is 7.88. The molecule has 0 radical (unpaired) electrons. The van der Waals surface area contributed by atoms with Crippen LogP contribution in [0.25, 0.3) is 0 Å². The second kappa shape index (κ2) is 3.86. The van der Waals surface area contributed by atoms with E-state index < -0.39 is 10.8 Å². The van der Waals surface area contributed by atoms with Crippen LogP contribution in [0.4, 0.5) is 0 Å². The van der Waals surface area contributed by atoms with Gasteiger partial charge in [0.1, 0.15) is 0 Å². The van der Waals surface area contributed by atoms with Crippen molar-refractivity contribution in [2.75, 3.05) is 0 Å². The standard InChI is InChI=1S/C9H14OS/c1-3-8-6-5-7-11(10)9(8)4-2/h5-7,9H,3-4H2,1-2H3. The maximum Gasteiger partial charge on any atom is 0.0598 e. The summed E-state index contributed by atoms with van der Waals surface area (Å²) in [6.07, 6.45) is 6.00. The number of allylic oxidation sites excluding steroid dienone is 2. The molecule has 1 aliphatic heterocycles. The predicted molar refractivity (Wildman–Crippen MR) is 49.7 cm³/mol. The summed E-state index contributed by atoms with van der Waals surface area (Å²) in [5.41, 5.74) is 1.33. The molecule has 1 nitrogen and oxygen atoms in total. The Kier molecular flexibility index (Phi) is 3.06. The smallest absolute Gasteiger partial charge is 0.0598 e. The lowest BCUT2D eigenvalue weighted by Crippen LogP contribution is -2.16. The fourth-order valence-corrected chi connectivity index (χ4v) is 2.66. The van der Waals surface area contributed by atoms with Gasteiger partial charge in [-0.15, -0.1) is 0 Å². The van der Waals surface area contributed by atoms with E-state index in [0.717, 1.165) is 12.8 Å². The lowest BCUT2D eigenvalue weighted by atomic mass is 10.1. The fraction of sp³-hybridized carbons (Fsp3) is 0.556. The Morgan fingerprint density at radius 3 is 2.73 bits per heavy atom. The van der Waals surface area contributed by atoms with E-state index in [1.54, 1.807) is 5.41 Å². The van der Waals surface area contributed by atoms with Crippen LogP contribution in [0.3, 0.4) is 0 Å². The van der Waals surface area contributed by atoms with E-state index in [1.807, 2.05) is 6.08 Å². The molecular weight excluding hydrogens is 156 g/mol. The van der Waals surface area contributed by atoms with Crippen molar-refractivity contribution >= 4 is 10.8 Å². The Hall–Kier alpha value is -0.370. The van der Waals surface area contributed by atoms with E-state index in [2.05, 4.69) is 19.9 Å². The zero-order valence-corrected chi connectivity index (χ0v) is 7.86. The lowest BCUT2D eigenvalue weighted by Gasteiger charge is -2.17. The van der Waals surface area contributed by atoms with Crippen molar-refractivity contribution in [3.05, 3.63) is 23.1 Å². The Morgan fingerprint density at radius 2 is 2.27 bits per heavy atom. The highest BCUT2D eigenvalue weighted by Gasteiger charge is 2.17. The molecule has 1 rings (SSSR count). The van der Waals surface area contributed by atoms with Gasteiger partial charge in [0.05, 0.1) is 16.0 Å². The molecule has 11 heavy (non-hydrogen) atoms. The van der Waals surface area contributed by atoms with Gasteiger partial charge in [0.25, 0.3) is 0 Å². The van der Waals surface area contributed by atoms with E-state index in [4.69, 9.17) is 0 Å². The molecular formula is C9H14OS. The van der Waals surface area contributed by atoms with Crippen molar-refractivity contribution in [3.8, 4) is 0 Å². The van der Waals surface area contributed by atoms with Gasteiger partial charge in [0, 0.05) is 5.41 Å².